The number of anilines is 1. The number of aryl methyl sites for hydroxylation is 1. The van der Waals surface area contributed by atoms with Crippen LogP contribution in [0.25, 0.3) is 11.3 Å². The van der Waals surface area contributed by atoms with Crippen molar-refractivity contribution in [1.82, 2.24) is 5.16 Å². The fourth-order valence-corrected chi connectivity index (χ4v) is 2.94. The molecular formula is C20H18N2O2. The number of rotatable bonds is 4. The molecule has 4 nitrogen and oxygen atoms in total. The van der Waals surface area contributed by atoms with Crippen LogP contribution in [0, 0.1) is 6.92 Å². The van der Waals surface area contributed by atoms with E-state index in [9.17, 15) is 4.79 Å². The number of nitrogens with zero attached hydrogens (tertiary/aromatic N) is 1. The molecule has 3 aromatic rings. The lowest BCUT2D eigenvalue weighted by molar-refractivity contribution is -0.118. The Labute approximate surface area is 140 Å². The van der Waals surface area contributed by atoms with E-state index < -0.39 is 5.41 Å². The first kappa shape index (κ1) is 14.7. The molecule has 0 atom stereocenters. The summed E-state index contributed by atoms with van der Waals surface area (Å²) in [5.74, 6) is 0.682. The summed E-state index contributed by atoms with van der Waals surface area (Å²) in [7, 11) is 0. The van der Waals surface area contributed by atoms with Gasteiger partial charge in [0.2, 0.25) is 5.91 Å². The minimum absolute atomic E-state index is 0.0130. The topological polar surface area (TPSA) is 55.1 Å². The molecule has 2 aromatic carbocycles. The molecular weight excluding hydrogens is 300 g/mol. The van der Waals surface area contributed by atoms with Gasteiger partial charge in [-0.15, -0.1) is 0 Å². The Morgan fingerprint density at radius 2 is 1.88 bits per heavy atom. The average Bonchev–Trinajstić information content (AvgIpc) is 3.26. The summed E-state index contributed by atoms with van der Waals surface area (Å²) in [5, 5.41) is 7.18. The molecule has 1 N–H and O–H groups in total. The van der Waals surface area contributed by atoms with E-state index in [1.54, 1.807) is 0 Å². The van der Waals surface area contributed by atoms with Crippen LogP contribution in [0.1, 0.15) is 24.1 Å². The Kier molecular flexibility index (Phi) is 3.45. The van der Waals surface area contributed by atoms with Gasteiger partial charge in [0, 0.05) is 17.3 Å². The largest absolute Gasteiger partial charge is 0.356 e. The van der Waals surface area contributed by atoms with Gasteiger partial charge in [0.15, 0.2) is 5.76 Å². The van der Waals surface area contributed by atoms with Crippen molar-refractivity contribution in [2.24, 2.45) is 0 Å². The molecule has 0 radical (unpaired) electrons. The highest BCUT2D eigenvalue weighted by atomic mass is 16.5. The highest BCUT2D eigenvalue weighted by molar-refractivity contribution is 6.01. The van der Waals surface area contributed by atoms with Gasteiger partial charge in [-0.25, -0.2) is 0 Å². The Morgan fingerprint density at radius 3 is 2.58 bits per heavy atom. The summed E-state index contributed by atoms with van der Waals surface area (Å²) in [4.78, 5) is 12.8. The van der Waals surface area contributed by atoms with E-state index in [2.05, 4.69) is 10.5 Å². The first-order valence-corrected chi connectivity index (χ1v) is 8.08. The second kappa shape index (κ2) is 5.64. The van der Waals surface area contributed by atoms with E-state index in [0.29, 0.717) is 11.5 Å². The Balaban J connectivity index is 1.57. The van der Waals surface area contributed by atoms with Crippen LogP contribution in [-0.2, 0) is 10.2 Å². The van der Waals surface area contributed by atoms with Crippen molar-refractivity contribution in [2.75, 3.05) is 5.32 Å². The number of nitrogens with one attached hydrogen (secondary N) is 1. The summed E-state index contributed by atoms with van der Waals surface area (Å²) in [6.45, 7) is 2.01. The lowest BCUT2D eigenvalue weighted by Gasteiger charge is -2.12. The predicted molar refractivity (Wildman–Crippen MR) is 92.7 cm³/mol. The number of aromatic nitrogens is 1. The van der Waals surface area contributed by atoms with Crippen molar-refractivity contribution in [1.29, 1.82) is 0 Å². The third-order valence-corrected chi connectivity index (χ3v) is 4.52. The number of benzene rings is 2. The lowest BCUT2D eigenvalue weighted by Crippen LogP contribution is -2.28. The van der Waals surface area contributed by atoms with Gasteiger partial charge in [-0.05, 0) is 37.5 Å². The molecule has 24 heavy (non-hydrogen) atoms. The molecule has 1 aliphatic rings. The highest BCUT2D eigenvalue weighted by Crippen LogP contribution is 2.49. The van der Waals surface area contributed by atoms with Crippen LogP contribution in [0.15, 0.2) is 65.2 Å². The number of carbonyl (C=O) groups excluding carboxylic acids is 1. The molecule has 1 fully saturated rings. The summed E-state index contributed by atoms with van der Waals surface area (Å²) < 4.78 is 5.47. The van der Waals surface area contributed by atoms with Gasteiger partial charge in [0.1, 0.15) is 0 Å². The van der Waals surface area contributed by atoms with Crippen LogP contribution in [0.4, 0.5) is 5.69 Å². The van der Waals surface area contributed by atoms with E-state index in [4.69, 9.17) is 4.52 Å². The molecule has 1 aromatic heterocycles. The highest BCUT2D eigenvalue weighted by Gasteiger charge is 2.53. The van der Waals surface area contributed by atoms with E-state index in [-0.39, 0.29) is 5.91 Å². The van der Waals surface area contributed by atoms with Crippen LogP contribution in [0.2, 0.25) is 0 Å². The van der Waals surface area contributed by atoms with E-state index in [1.807, 2.05) is 67.6 Å². The molecule has 0 unspecified atom stereocenters. The van der Waals surface area contributed by atoms with Gasteiger partial charge >= 0.3 is 0 Å². The van der Waals surface area contributed by atoms with E-state index in [1.165, 1.54) is 0 Å². The summed E-state index contributed by atoms with van der Waals surface area (Å²) >= 11 is 0. The minimum atomic E-state index is -0.555. The molecule has 0 bridgehead atoms. The van der Waals surface area contributed by atoms with Gasteiger partial charge in [-0.2, -0.15) is 0 Å². The zero-order valence-corrected chi connectivity index (χ0v) is 13.5. The Morgan fingerprint density at radius 1 is 1.08 bits per heavy atom. The van der Waals surface area contributed by atoms with Crippen molar-refractivity contribution in [3.05, 3.63) is 71.9 Å². The van der Waals surface area contributed by atoms with Gasteiger partial charge < -0.3 is 9.84 Å². The van der Waals surface area contributed by atoms with Crippen LogP contribution in [0.3, 0.4) is 0 Å². The fraction of sp³-hybridized carbons (Fsp3) is 0.200. The van der Waals surface area contributed by atoms with Crippen molar-refractivity contribution >= 4 is 11.6 Å². The molecule has 0 spiro atoms. The fourth-order valence-electron chi connectivity index (χ4n) is 2.94. The molecule has 1 heterocycles. The molecule has 1 amide bonds. The van der Waals surface area contributed by atoms with Gasteiger partial charge in [0.05, 0.1) is 11.1 Å². The van der Waals surface area contributed by atoms with Gasteiger partial charge in [-0.1, -0.05) is 47.6 Å². The van der Waals surface area contributed by atoms with Crippen molar-refractivity contribution in [2.45, 2.75) is 25.2 Å². The van der Waals surface area contributed by atoms with Crippen LogP contribution in [-0.4, -0.2) is 11.1 Å². The van der Waals surface area contributed by atoms with Crippen molar-refractivity contribution < 1.29 is 9.32 Å². The summed E-state index contributed by atoms with van der Waals surface area (Å²) in [6.07, 6.45) is 1.59. The quantitative estimate of drug-likeness (QED) is 0.779. The second-order valence-corrected chi connectivity index (χ2v) is 6.35. The average molecular weight is 318 g/mol. The van der Waals surface area contributed by atoms with Crippen molar-refractivity contribution in [3.8, 4) is 11.3 Å². The SMILES string of the molecule is Cc1cccc(NC(=O)C2(c3cc(-c4ccccc4)on3)CC2)c1. The maximum Gasteiger partial charge on any atom is 0.236 e. The first-order valence-electron chi connectivity index (χ1n) is 8.08. The predicted octanol–water partition coefficient (Wildman–Crippen LogP) is 4.32. The maximum absolute atomic E-state index is 12.8. The zero-order valence-electron chi connectivity index (χ0n) is 13.5. The summed E-state index contributed by atoms with van der Waals surface area (Å²) in [6, 6.07) is 19.5. The Bertz CT molecular complexity index is 879. The summed E-state index contributed by atoms with van der Waals surface area (Å²) in [5.41, 5.74) is 3.06. The number of carbonyl (C=O) groups is 1. The molecule has 120 valence electrons. The maximum atomic E-state index is 12.8. The zero-order chi connectivity index (χ0) is 16.6. The molecule has 1 saturated carbocycles. The van der Waals surface area contributed by atoms with E-state index >= 15 is 0 Å². The monoisotopic (exact) mass is 318 g/mol. The normalized spacial score (nSPS) is 15.0. The molecule has 1 aliphatic carbocycles. The van der Waals surface area contributed by atoms with Crippen LogP contribution < -0.4 is 5.32 Å². The lowest BCUT2D eigenvalue weighted by atomic mass is 10.00. The first-order chi connectivity index (χ1) is 11.7. The molecule has 0 aliphatic heterocycles. The molecule has 0 saturated heterocycles. The molecule has 4 heteroatoms. The van der Waals surface area contributed by atoms with Gasteiger partial charge in [-0.3, -0.25) is 4.79 Å². The van der Waals surface area contributed by atoms with Crippen molar-refractivity contribution in [3.63, 3.8) is 0 Å². The second-order valence-electron chi connectivity index (χ2n) is 6.35. The molecule has 4 rings (SSSR count). The number of hydrogen-bond acceptors (Lipinski definition) is 3. The Hall–Kier alpha value is -2.88. The number of amides is 1. The van der Waals surface area contributed by atoms with Crippen LogP contribution in [0.5, 0.6) is 0 Å². The number of hydrogen-bond donors (Lipinski definition) is 1. The smallest absolute Gasteiger partial charge is 0.236 e. The third-order valence-electron chi connectivity index (χ3n) is 4.52. The van der Waals surface area contributed by atoms with Crippen LogP contribution >= 0.6 is 0 Å². The third kappa shape index (κ3) is 2.60. The van der Waals surface area contributed by atoms with E-state index in [0.717, 1.165) is 29.7 Å². The standard InChI is InChI=1S/C20H18N2O2/c1-14-6-5-9-16(12-14)21-19(23)20(10-11-20)18-13-17(24-22-18)15-7-3-2-4-8-15/h2-9,12-13H,10-11H2,1H3,(H,21,23). The minimum Gasteiger partial charge on any atom is -0.356 e. The van der Waals surface area contributed by atoms with Gasteiger partial charge in [0.25, 0.3) is 0 Å².